The molecular weight excluding hydrogens is 200 g/mol. The normalized spacial score (nSPS) is 41.4. The third-order valence-electron chi connectivity index (χ3n) is 4.46. The Kier molecular flexibility index (Phi) is 2.54. The zero-order valence-corrected chi connectivity index (χ0v) is 11.0. The van der Waals surface area contributed by atoms with Crippen molar-refractivity contribution in [1.29, 1.82) is 0 Å². The maximum Gasteiger partial charge on any atom is 0.155 e. The van der Waals surface area contributed by atoms with Crippen molar-refractivity contribution in [3.05, 3.63) is 11.6 Å². The number of Topliss-reactive ketones (excluding diaryl/α,β-unsaturated/α-hetero) is 1. The quantitative estimate of drug-likeness (QED) is 0.530. The van der Waals surface area contributed by atoms with Crippen LogP contribution in [-0.4, -0.2) is 17.5 Å². The molecule has 0 unspecified atom stereocenters. The first-order valence-electron chi connectivity index (χ1n) is 6.14. The second-order valence-corrected chi connectivity index (χ2v) is 6.20. The molecule has 2 nitrogen and oxygen atoms in total. The van der Waals surface area contributed by atoms with Crippen LogP contribution in [0.4, 0.5) is 0 Å². The summed E-state index contributed by atoms with van der Waals surface area (Å²) in [5, 5.41) is 0. The van der Waals surface area contributed by atoms with Crippen LogP contribution >= 0.6 is 0 Å². The van der Waals surface area contributed by atoms with Crippen LogP contribution in [0.3, 0.4) is 0 Å². The summed E-state index contributed by atoms with van der Waals surface area (Å²) in [4.78, 5) is 11.3. The van der Waals surface area contributed by atoms with E-state index in [1.807, 2.05) is 6.92 Å². The Hall–Kier alpha value is -0.630. The third kappa shape index (κ3) is 1.73. The lowest BCUT2D eigenvalue weighted by Crippen LogP contribution is -2.39. The van der Waals surface area contributed by atoms with Crippen molar-refractivity contribution in [1.82, 2.24) is 0 Å². The van der Waals surface area contributed by atoms with Crippen molar-refractivity contribution < 1.29 is 9.53 Å². The molecule has 2 heteroatoms. The number of hydrogen-bond donors (Lipinski definition) is 0. The molecule has 0 spiro atoms. The van der Waals surface area contributed by atoms with Crippen molar-refractivity contribution in [2.24, 2.45) is 11.3 Å². The van der Waals surface area contributed by atoms with Crippen molar-refractivity contribution in [2.75, 3.05) is 0 Å². The number of rotatable bonds is 2. The number of carbonyl (C=O) groups excluding carboxylic acids is 1. The van der Waals surface area contributed by atoms with E-state index in [2.05, 4.69) is 26.8 Å². The van der Waals surface area contributed by atoms with Gasteiger partial charge in [0.2, 0.25) is 0 Å². The summed E-state index contributed by atoms with van der Waals surface area (Å²) >= 11 is 0. The fourth-order valence-electron chi connectivity index (χ4n) is 3.08. The van der Waals surface area contributed by atoms with Crippen LogP contribution in [0.5, 0.6) is 0 Å². The molecule has 1 aliphatic heterocycles. The smallest absolute Gasteiger partial charge is 0.155 e. The van der Waals surface area contributed by atoms with E-state index in [0.29, 0.717) is 12.0 Å². The third-order valence-corrected chi connectivity index (χ3v) is 4.46. The van der Waals surface area contributed by atoms with E-state index in [1.165, 1.54) is 6.42 Å². The van der Waals surface area contributed by atoms with E-state index < -0.39 is 0 Å². The van der Waals surface area contributed by atoms with Crippen molar-refractivity contribution >= 4 is 5.78 Å². The van der Waals surface area contributed by atoms with Crippen LogP contribution in [0.25, 0.3) is 0 Å². The van der Waals surface area contributed by atoms with Gasteiger partial charge in [0.15, 0.2) is 5.78 Å². The minimum absolute atomic E-state index is 0.0154. The Balaban J connectivity index is 2.29. The van der Waals surface area contributed by atoms with Gasteiger partial charge >= 0.3 is 0 Å². The molecule has 0 amide bonds. The van der Waals surface area contributed by atoms with Crippen molar-refractivity contribution in [3.63, 3.8) is 0 Å². The fourth-order valence-corrected chi connectivity index (χ4v) is 3.08. The largest absolute Gasteiger partial charge is 0.366 e. The minimum Gasteiger partial charge on any atom is -0.366 e. The standard InChI is InChI=1S/C14H22O2/c1-9(10(2)15)8-11-13(3,4)7-6-12-14(11,5)16-12/h8,11-12H,6-7H2,1-5H3/b9-8+/t11-,12-,14+/m0/s1. The van der Waals surface area contributed by atoms with E-state index in [0.717, 1.165) is 12.0 Å². The summed E-state index contributed by atoms with van der Waals surface area (Å²) in [6.45, 7) is 10.3. The van der Waals surface area contributed by atoms with Gasteiger partial charge in [-0.3, -0.25) is 4.79 Å². The van der Waals surface area contributed by atoms with Crippen LogP contribution < -0.4 is 0 Å². The highest BCUT2D eigenvalue weighted by Crippen LogP contribution is 2.58. The van der Waals surface area contributed by atoms with Crippen molar-refractivity contribution in [2.45, 2.75) is 59.2 Å². The van der Waals surface area contributed by atoms with Gasteiger partial charge in [-0.05, 0) is 44.6 Å². The highest BCUT2D eigenvalue weighted by molar-refractivity contribution is 5.92. The van der Waals surface area contributed by atoms with Gasteiger partial charge in [-0.1, -0.05) is 19.9 Å². The van der Waals surface area contributed by atoms with Gasteiger partial charge < -0.3 is 4.74 Å². The average molecular weight is 222 g/mol. The minimum atomic E-state index is -0.0154. The van der Waals surface area contributed by atoms with Crippen LogP contribution in [0.15, 0.2) is 11.6 Å². The zero-order valence-electron chi connectivity index (χ0n) is 11.0. The first-order valence-corrected chi connectivity index (χ1v) is 6.14. The lowest BCUT2D eigenvalue weighted by molar-refractivity contribution is -0.113. The maximum atomic E-state index is 11.3. The molecule has 90 valence electrons. The van der Waals surface area contributed by atoms with Crippen molar-refractivity contribution in [3.8, 4) is 0 Å². The first kappa shape index (κ1) is 11.8. The number of hydrogen-bond acceptors (Lipinski definition) is 2. The van der Waals surface area contributed by atoms with Gasteiger partial charge in [0, 0.05) is 5.92 Å². The predicted molar refractivity (Wildman–Crippen MR) is 64.2 cm³/mol. The van der Waals surface area contributed by atoms with Gasteiger partial charge in [0.25, 0.3) is 0 Å². The molecule has 0 N–H and O–H groups in total. The molecular formula is C14H22O2. The maximum absolute atomic E-state index is 11.3. The molecule has 2 aliphatic rings. The molecule has 16 heavy (non-hydrogen) atoms. The van der Waals surface area contributed by atoms with E-state index in [-0.39, 0.29) is 16.8 Å². The Labute approximate surface area is 98.1 Å². The van der Waals surface area contributed by atoms with Gasteiger partial charge in [-0.15, -0.1) is 0 Å². The number of carbonyl (C=O) groups is 1. The highest BCUT2D eigenvalue weighted by atomic mass is 16.6. The van der Waals surface area contributed by atoms with E-state index >= 15 is 0 Å². The molecule has 0 aromatic carbocycles. The Bertz CT molecular complexity index is 349. The number of fused-ring (bicyclic) bond motifs is 1. The molecule has 1 heterocycles. The van der Waals surface area contributed by atoms with Gasteiger partial charge in [-0.25, -0.2) is 0 Å². The summed E-state index contributed by atoms with van der Waals surface area (Å²) in [6.07, 6.45) is 4.90. The van der Waals surface area contributed by atoms with Crippen LogP contribution in [0.2, 0.25) is 0 Å². The lowest BCUT2D eigenvalue weighted by Gasteiger charge is -2.39. The monoisotopic (exact) mass is 222 g/mol. The first-order chi connectivity index (χ1) is 7.27. The molecule has 0 aromatic heterocycles. The summed E-state index contributed by atoms with van der Waals surface area (Å²) in [5.41, 5.74) is 1.09. The van der Waals surface area contributed by atoms with Crippen LogP contribution in [0, 0.1) is 11.3 Å². The van der Waals surface area contributed by atoms with Gasteiger partial charge in [0.05, 0.1) is 11.7 Å². The number of ether oxygens (including phenoxy) is 1. The summed E-state index contributed by atoms with van der Waals surface area (Å²) in [5.74, 6) is 0.532. The second kappa shape index (κ2) is 3.43. The Morgan fingerprint density at radius 1 is 1.31 bits per heavy atom. The summed E-state index contributed by atoms with van der Waals surface area (Å²) in [6, 6.07) is 0. The molecule has 2 rings (SSSR count). The molecule has 1 aliphatic carbocycles. The van der Waals surface area contributed by atoms with E-state index in [4.69, 9.17) is 4.74 Å². The van der Waals surface area contributed by atoms with E-state index in [9.17, 15) is 4.79 Å². The summed E-state index contributed by atoms with van der Waals surface area (Å²) < 4.78 is 5.84. The average Bonchev–Trinajstić information content (AvgIpc) is 2.83. The molecule has 1 saturated carbocycles. The number of ketones is 1. The fraction of sp³-hybridized carbons (Fsp3) is 0.786. The lowest BCUT2D eigenvalue weighted by atomic mass is 9.63. The molecule has 0 aromatic rings. The topological polar surface area (TPSA) is 29.6 Å². The van der Waals surface area contributed by atoms with Gasteiger partial charge in [-0.2, -0.15) is 0 Å². The van der Waals surface area contributed by atoms with Crippen LogP contribution in [0.1, 0.15) is 47.5 Å². The highest BCUT2D eigenvalue weighted by Gasteiger charge is 2.63. The number of epoxide rings is 1. The second-order valence-electron chi connectivity index (χ2n) is 6.20. The predicted octanol–water partition coefficient (Wildman–Crippen LogP) is 3.12. The summed E-state index contributed by atoms with van der Waals surface area (Å²) in [7, 11) is 0. The SMILES string of the molecule is CC(=O)/C(C)=C/[C@H]1C(C)(C)CC[C@@H]2O[C@@]21C. The molecule has 0 bridgehead atoms. The van der Waals surface area contributed by atoms with Gasteiger partial charge in [0.1, 0.15) is 0 Å². The Morgan fingerprint density at radius 2 is 1.94 bits per heavy atom. The zero-order chi connectivity index (χ0) is 12.1. The van der Waals surface area contributed by atoms with E-state index in [1.54, 1.807) is 6.92 Å². The number of allylic oxidation sites excluding steroid dienone is 1. The Morgan fingerprint density at radius 3 is 2.50 bits per heavy atom. The molecule has 2 fully saturated rings. The molecule has 1 saturated heterocycles. The molecule has 3 atom stereocenters. The molecule has 0 radical (unpaired) electrons. The van der Waals surface area contributed by atoms with Crippen LogP contribution in [-0.2, 0) is 9.53 Å².